The van der Waals surface area contributed by atoms with Crippen molar-refractivity contribution >= 4 is 12.2 Å². The third-order valence-corrected chi connectivity index (χ3v) is 5.58. The number of aromatic nitrogens is 2. The highest BCUT2D eigenvalue weighted by molar-refractivity contribution is 5.82. The van der Waals surface area contributed by atoms with E-state index in [1.165, 1.54) is 26.5 Å². The lowest BCUT2D eigenvalue weighted by molar-refractivity contribution is 0.257. The van der Waals surface area contributed by atoms with Crippen LogP contribution in [0.3, 0.4) is 0 Å². The molecule has 10 heteroatoms. The van der Waals surface area contributed by atoms with Crippen LogP contribution in [-0.2, 0) is 12.8 Å². The van der Waals surface area contributed by atoms with E-state index in [1.807, 2.05) is 0 Å². The molecule has 0 saturated carbocycles. The predicted octanol–water partition coefficient (Wildman–Crippen LogP) is 2.93. The van der Waals surface area contributed by atoms with Crippen LogP contribution < -0.4 is 20.5 Å². The Kier molecular flexibility index (Phi) is 8.53. The van der Waals surface area contributed by atoms with Gasteiger partial charge in [0.25, 0.3) is 0 Å². The summed E-state index contributed by atoms with van der Waals surface area (Å²) in [6, 6.07) is 1.47. The lowest BCUT2D eigenvalue weighted by Gasteiger charge is -2.26. The molecule has 1 aliphatic rings. The van der Waals surface area contributed by atoms with Crippen molar-refractivity contribution in [2.24, 2.45) is 10.7 Å². The van der Waals surface area contributed by atoms with E-state index in [0.717, 1.165) is 31.5 Å². The fraction of sp³-hybridized carbons (Fsp3) is 0.435. The van der Waals surface area contributed by atoms with Crippen LogP contribution in [0.25, 0.3) is 0 Å². The van der Waals surface area contributed by atoms with Gasteiger partial charge in [0.05, 0.1) is 26.0 Å². The summed E-state index contributed by atoms with van der Waals surface area (Å²) >= 11 is 0. The van der Waals surface area contributed by atoms with Gasteiger partial charge in [-0.2, -0.15) is 0 Å². The van der Waals surface area contributed by atoms with Crippen LogP contribution in [0, 0.1) is 11.6 Å². The highest BCUT2D eigenvalue weighted by Gasteiger charge is 2.20. The average molecular weight is 461 g/mol. The second kappa shape index (κ2) is 11.6. The normalized spacial score (nSPS) is 15.7. The Morgan fingerprint density at radius 3 is 2.30 bits per heavy atom. The molecule has 1 fully saturated rings. The van der Waals surface area contributed by atoms with E-state index in [-0.39, 0.29) is 29.5 Å². The Balaban J connectivity index is 1.60. The van der Waals surface area contributed by atoms with Gasteiger partial charge in [0.1, 0.15) is 0 Å². The zero-order valence-corrected chi connectivity index (χ0v) is 19.1. The molecule has 1 saturated heterocycles. The average Bonchev–Trinajstić information content (AvgIpc) is 2.83. The number of aryl methyl sites for hydroxylation is 1. The number of nitrogens with one attached hydrogen (secondary N) is 1. The van der Waals surface area contributed by atoms with Crippen molar-refractivity contribution in [2.75, 3.05) is 39.7 Å². The van der Waals surface area contributed by atoms with E-state index in [2.05, 4.69) is 32.2 Å². The lowest BCUT2D eigenvalue weighted by atomic mass is 10.0. The summed E-state index contributed by atoms with van der Waals surface area (Å²) in [5.41, 5.74) is 6.91. The minimum atomic E-state index is -0.739. The maximum absolute atomic E-state index is 14.5. The van der Waals surface area contributed by atoms with Gasteiger partial charge in [0, 0.05) is 36.4 Å². The molecular weight excluding hydrogens is 430 g/mol. The fourth-order valence-electron chi connectivity index (χ4n) is 3.55. The first kappa shape index (κ1) is 24.4. The first-order valence-corrected chi connectivity index (χ1v) is 10.8. The number of hydrogen-bond donors (Lipinski definition) is 2. The molecule has 2 heterocycles. The summed E-state index contributed by atoms with van der Waals surface area (Å²) in [5, 5.41) is 3.03. The van der Waals surface area contributed by atoms with E-state index in [9.17, 15) is 8.78 Å². The molecule has 0 amide bonds. The molecule has 0 aliphatic carbocycles. The number of methoxy groups -OCH3 is 2. The van der Waals surface area contributed by atoms with Crippen LogP contribution in [0.2, 0.25) is 0 Å². The van der Waals surface area contributed by atoms with Gasteiger partial charge in [-0.15, -0.1) is 0 Å². The zero-order chi connectivity index (χ0) is 23.8. The SMILES string of the molecule is COc1cc(OC)c(F)c(CCc2cnc(NC(C=NC3CCN(C)CC3)=CN)nc2)c1F. The third kappa shape index (κ3) is 6.38. The molecule has 1 aromatic carbocycles. The Hall–Kier alpha value is -3.27. The lowest BCUT2D eigenvalue weighted by Crippen LogP contribution is -2.32. The summed E-state index contributed by atoms with van der Waals surface area (Å²) in [7, 11) is 4.75. The molecule has 33 heavy (non-hydrogen) atoms. The summed E-state index contributed by atoms with van der Waals surface area (Å²) in [6.45, 7) is 2.05. The zero-order valence-electron chi connectivity index (χ0n) is 19.1. The van der Waals surface area contributed by atoms with E-state index in [4.69, 9.17) is 15.2 Å². The van der Waals surface area contributed by atoms with Crippen LogP contribution in [0.5, 0.6) is 11.5 Å². The third-order valence-electron chi connectivity index (χ3n) is 5.58. The Morgan fingerprint density at radius 2 is 1.76 bits per heavy atom. The number of nitrogens with two attached hydrogens (primary N) is 1. The molecule has 0 unspecified atom stereocenters. The molecule has 0 bridgehead atoms. The second-order valence-electron chi connectivity index (χ2n) is 7.86. The van der Waals surface area contributed by atoms with Crippen LogP contribution >= 0.6 is 0 Å². The predicted molar refractivity (Wildman–Crippen MR) is 124 cm³/mol. The highest BCUT2D eigenvalue weighted by atomic mass is 19.1. The van der Waals surface area contributed by atoms with Crippen LogP contribution in [0.1, 0.15) is 24.0 Å². The minimum absolute atomic E-state index is 0.0675. The van der Waals surface area contributed by atoms with Crippen molar-refractivity contribution in [2.45, 2.75) is 31.7 Å². The number of rotatable bonds is 9. The number of allylic oxidation sites excluding steroid dienone is 1. The monoisotopic (exact) mass is 460 g/mol. The number of benzene rings is 1. The van der Waals surface area contributed by atoms with Gasteiger partial charge in [0.2, 0.25) is 5.95 Å². The number of nitrogens with zero attached hydrogens (tertiary/aromatic N) is 4. The number of anilines is 1. The summed E-state index contributed by atoms with van der Waals surface area (Å²) < 4.78 is 39.0. The molecule has 0 atom stereocenters. The van der Waals surface area contributed by atoms with Gasteiger partial charge in [-0.05, 0) is 51.4 Å². The van der Waals surface area contributed by atoms with Crippen molar-refractivity contribution in [1.29, 1.82) is 0 Å². The van der Waals surface area contributed by atoms with E-state index in [1.54, 1.807) is 18.6 Å². The summed E-state index contributed by atoms with van der Waals surface area (Å²) in [5.74, 6) is -1.26. The summed E-state index contributed by atoms with van der Waals surface area (Å²) in [4.78, 5) is 15.4. The van der Waals surface area contributed by atoms with Gasteiger partial charge < -0.3 is 25.4 Å². The number of piperidine rings is 1. The number of aliphatic imine (C=N–C) groups is 1. The van der Waals surface area contributed by atoms with Crippen LogP contribution in [0.15, 0.2) is 35.3 Å². The number of halogens is 2. The van der Waals surface area contributed by atoms with Gasteiger partial charge in [0.15, 0.2) is 23.1 Å². The molecule has 1 aliphatic heterocycles. The standard InChI is InChI=1S/C23H30F2N6O2/c1-31-8-6-16(7-9-31)27-14-17(11-26)30-23-28-12-15(13-29-23)4-5-18-21(24)19(32-2)10-20(33-3)22(18)25/h10-14,16H,4-9,26H2,1-3H3,(H,28,29,30). The van der Waals surface area contributed by atoms with Crippen LogP contribution in [-0.4, -0.2) is 61.5 Å². The quantitative estimate of drug-likeness (QED) is 0.555. The minimum Gasteiger partial charge on any atom is -0.494 e. The first-order valence-electron chi connectivity index (χ1n) is 10.8. The highest BCUT2D eigenvalue weighted by Crippen LogP contribution is 2.32. The largest absolute Gasteiger partial charge is 0.494 e. The van der Waals surface area contributed by atoms with Crippen molar-refractivity contribution < 1.29 is 18.3 Å². The maximum atomic E-state index is 14.5. The smallest absolute Gasteiger partial charge is 0.227 e. The molecular formula is C23H30F2N6O2. The molecule has 1 aromatic heterocycles. The second-order valence-corrected chi connectivity index (χ2v) is 7.86. The van der Waals surface area contributed by atoms with E-state index >= 15 is 0 Å². The van der Waals surface area contributed by atoms with Crippen molar-refractivity contribution in [3.05, 3.63) is 53.1 Å². The molecule has 0 spiro atoms. The molecule has 8 nitrogen and oxygen atoms in total. The summed E-state index contributed by atoms with van der Waals surface area (Å²) in [6.07, 6.45) is 8.77. The number of hydrogen-bond acceptors (Lipinski definition) is 8. The van der Waals surface area contributed by atoms with Crippen molar-refractivity contribution in [1.82, 2.24) is 14.9 Å². The Bertz CT molecular complexity index is 961. The van der Waals surface area contributed by atoms with E-state index < -0.39 is 11.6 Å². The Morgan fingerprint density at radius 1 is 1.15 bits per heavy atom. The first-order chi connectivity index (χ1) is 15.9. The molecule has 3 N–H and O–H groups in total. The number of ether oxygens (including phenoxy) is 2. The number of likely N-dealkylation sites (tertiary alicyclic amines) is 1. The Labute approximate surface area is 192 Å². The maximum Gasteiger partial charge on any atom is 0.227 e. The molecule has 0 radical (unpaired) electrons. The molecule has 3 rings (SSSR count). The van der Waals surface area contributed by atoms with Gasteiger partial charge in [-0.1, -0.05) is 0 Å². The van der Waals surface area contributed by atoms with Crippen molar-refractivity contribution in [3.8, 4) is 11.5 Å². The van der Waals surface area contributed by atoms with Crippen LogP contribution in [0.4, 0.5) is 14.7 Å². The van der Waals surface area contributed by atoms with Gasteiger partial charge in [-0.25, -0.2) is 18.7 Å². The van der Waals surface area contributed by atoms with Gasteiger partial charge in [-0.3, -0.25) is 4.99 Å². The molecule has 2 aromatic rings. The fourth-order valence-corrected chi connectivity index (χ4v) is 3.55. The van der Waals surface area contributed by atoms with Gasteiger partial charge >= 0.3 is 0 Å². The van der Waals surface area contributed by atoms with E-state index in [0.29, 0.717) is 18.1 Å². The topological polar surface area (TPSA) is 97.9 Å². The molecule has 178 valence electrons. The van der Waals surface area contributed by atoms with Crippen molar-refractivity contribution in [3.63, 3.8) is 0 Å².